The molecule has 0 fully saturated rings. The largest absolute Gasteiger partial charge is 0.464 e. The van der Waals surface area contributed by atoms with E-state index in [1.165, 1.54) is 0 Å². The van der Waals surface area contributed by atoms with Gasteiger partial charge in [-0.3, -0.25) is 0 Å². The van der Waals surface area contributed by atoms with Gasteiger partial charge in [-0.25, -0.2) is 4.98 Å². The predicted molar refractivity (Wildman–Crippen MR) is 74.0 cm³/mol. The van der Waals surface area contributed by atoms with Crippen LogP contribution >= 0.6 is 15.9 Å². The fourth-order valence-corrected chi connectivity index (χ4v) is 2.54. The Morgan fingerprint density at radius 2 is 2.17 bits per heavy atom. The topological polar surface area (TPSA) is 57.0 Å². The average molecular weight is 306 g/mol. The molecular weight excluding hydrogens is 294 g/mol. The molecule has 0 bridgehead atoms. The van der Waals surface area contributed by atoms with Gasteiger partial charge in [-0.05, 0) is 22.0 Å². The minimum atomic E-state index is 0.408. The van der Waals surface area contributed by atoms with E-state index in [1.807, 2.05) is 35.9 Å². The molecule has 0 spiro atoms. The highest BCUT2D eigenvalue weighted by Crippen LogP contribution is 2.34. The van der Waals surface area contributed by atoms with Gasteiger partial charge in [0.05, 0.1) is 6.54 Å². The third kappa shape index (κ3) is 1.59. The van der Waals surface area contributed by atoms with Gasteiger partial charge in [-0.1, -0.05) is 18.2 Å². The summed E-state index contributed by atoms with van der Waals surface area (Å²) in [4.78, 5) is 4.55. The van der Waals surface area contributed by atoms with Crippen molar-refractivity contribution in [3.8, 4) is 11.3 Å². The lowest BCUT2D eigenvalue weighted by Crippen LogP contribution is -2.04. The molecule has 92 valence electrons. The molecule has 0 aliphatic carbocycles. The minimum absolute atomic E-state index is 0.408. The van der Waals surface area contributed by atoms with Crippen LogP contribution in [0.15, 0.2) is 39.5 Å². The summed E-state index contributed by atoms with van der Waals surface area (Å²) < 4.78 is 8.39. The first-order chi connectivity index (χ1) is 8.72. The summed E-state index contributed by atoms with van der Waals surface area (Å²) >= 11 is 3.55. The molecule has 2 heterocycles. The maximum atomic E-state index is 5.67. The van der Waals surface area contributed by atoms with E-state index >= 15 is 0 Å². The average Bonchev–Trinajstić information content (AvgIpc) is 2.93. The molecule has 3 aromatic rings. The summed E-state index contributed by atoms with van der Waals surface area (Å²) in [5.41, 5.74) is 8.38. The zero-order valence-corrected chi connectivity index (χ0v) is 11.4. The number of para-hydroxylation sites is 1. The van der Waals surface area contributed by atoms with Crippen LogP contribution in [0.1, 0.15) is 5.82 Å². The molecule has 4 nitrogen and oxygen atoms in total. The van der Waals surface area contributed by atoms with E-state index < -0.39 is 0 Å². The number of nitrogens with zero attached hydrogens (tertiary/aromatic N) is 2. The van der Waals surface area contributed by atoms with Gasteiger partial charge in [0.25, 0.3) is 0 Å². The van der Waals surface area contributed by atoms with Crippen molar-refractivity contribution in [3.63, 3.8) is 0 Å². The number of imidazole rings is 1. The molecule has 5 heteroatoms. The summed E-state index contributed by atoms with van der Waals surface area (Å²) in [6.07, 6.45) is 1.73. The standard InChI is InChI=1S/C13H12BrN3O/c1-17-11(6-15)16-12(13(17)14)9-7-18-10-5-3-2-4-8(9)10/h2-5,7H,6,15H2,1H3. The van der Waals surface area contributed by atoms with Gasteiger partial charge in [-0.2, -0.15) is 0 Å². The van der Waals surface area contributed by atoms with E-state index in [9.17, 15) is 0 Å². The summed E-state index contributed by atoms with van der Waals surface area (Å²) in [5.74, 6) is 0.835. The van der Waals surface area contributed by atoms with Gasteiger partial charge in [0.15, 0.2) is 0 Å². The number of nitrogens with two attached hydrogens (primary N) is 1. The van der Waals surface area contributed by atoms with Crippen LogP contribution < -0.4 is 5.73 Å². The lowest BCUT2D eigenvalue weighted by Gasteiger charge is -1.97. The Hall–Kier alpha value is -1.59. The van der Waals surface area contributed by atoms with Crippen molar-refractivity contribution >= 4 is 26.9 Å². The lowest BCUT2D eigenvalue weighted by molar-refractivity contribution is 0.617. The Labute approximate surface area is 113 Å². The first-order valence-electron chi connectivity index (χ1n) is 5.60. The summed E-state index contributed by atoms with van der Waals surface area (Å²) in [5, 5.41) is 1.06. The summed E-state index contributed by atoms with van der Waals surface area (Å²) in [7, 11) is 1.94. The van der Waals surface area contributed by atoms with Crippen molar-refractivity contribution in [1.82, 2.24) is 9.55 Å². The predicted octanol–water partition coefficient (Wildman–Crippen LogP) is 3.05. The van der Waals surface area contributed by atoms with Crippen LogP contribution in [-0.4, -0.2) is 9.55 Å². The van der Waals surface area contributed by atoms with E-state index in [0.717, 1.165) is 32.7 Å². The van der Waals surface area contributed by atoms with Crippen LogP contribution in [0.4, 0.5) is 0 Å². The first kappa shape index (κ1) is 11.5. The molecule has 0 saturated heterocycles. The Kier molecular flexibility index (Phi) is 2.72. The van der Waals surface area contributed by atoms with Gasteiger partial charge < -0.3 is 14.7 Å². The van der Waals surface area contributed by atoms with E-state index in [-0.39, 0.29) is 0 Å². The maximum absolute atomic E-state index is 5.67. The third-order valence-corrected chi connectivity index (χ3v) is 3.94. The molecular formula is C13H12BrN3O. The minimum Gasteiger partial charge on any atom is -0.464 e. The van der Waals surface area contributed by atoms with Crippen LogP contribution in [0.5, 0.6) is 0 Å². The van der Waals surface area contributed by atoms with Crippen molar-refractivity contribution in [1.29, 1.82) is 0 Å². The van der Waals surface area contributed by atoms with Gasteiger partial charge in [0.1, 0.15) is 28.0 Å². The molecule has 0 aliphatic heterocycles. The molecule has 0 saturated carbocycles. The number of halogens is 1. The molecule has 2 aromatic heterocycles. The smallest absolute Gasteiger partial charge is 0.134 e. The van der Waals surface area contributed by atoms with Gasteiger partial charge in [0, 0.05) is 18.0 Å². The second-order valence-corrected chi connectivity index (χ2v) is 4.83. The molecule has 0 atom stereocenters. The SMILES string of the molecule is Cn1c(CN)nc(-c2coc3ccccc23)c1Br. The van der Waals surface area contributed by atoms with Crippen molar-refractivity contribution in [2.24, 2.45) is 12.8 Å². The van der Waals surface area contributed by atoms with Crippen LogP contribution in [0, 0.1) is 0 Å². The zero-order chi connectivity index (χ0) is 12.7. The van der Waals surface area contributed by atoms with Gasteiger partial charge in [-0.15, -0.1) is 0 Å². The molecule has 2 N–H and O–H groups in total. The number of rotatable bonds is 2. The number of fused-ring (bicyclic) bond motifs is 1. The summed E-state index contributed by atoms with van der Waals surface area (Å²) in [6.45, 7) is 0.408. The van der Waals surface area contributed by atoms with Crippen molar-refractivity contribution in [3.05, 3.63) is 41.0 Å². The molecule has 3 rings (SSSR count). The second-order valence-electron chi connectivity index (χ2n) is 4.08. The molecule has 0 aliphatic rings. The summed E-state index contributed by atoms with van der Waals surface area (Å²) in [6, 6.07) is 7.91. The van der Waals surface area contributed by atoms with Gasteiger partial charge in [0.2, 0.25) is 0 Å². The number of furan rings is 1. The molecule has 18 heavy (non-hydrogen) atoms. The van der Waals surface area contributed by atoms with E-state index in [1.54, 1.807) is 6.26 Å². The molecule has 1 aromatic carbocycles. The van der Waals surface area contributed by atoms with Crippen LogP contribution in [0.2, 0.25) is 0 Å². The van der Waals surface area contributed by atoms with Crippen LogP contribution in [0.25, 0.3) is 22.2 Å². The number of aromatic nitrogens is 2. The fraction of sp³-hybridized carbons (Fsp3) is 0.154. The molecule has 0 radical (unpaired) electrons. The molecule has 0 amide bonds. The van der Waals surface area contributed by atoms with Crippen molar-refractivity contribution in [2.45, 2.75) is 6.54 Å². The lowest BCUT2D eigenvalue weighted by atomic mass is 10.1. The number of hydrogen-bond acceptors (Lipinski definition) is 3. The highest BCUT2D eigenvalue weighted by molar-refractivity contribution is 9.10. The fourth-order valence-electron chi connectivity index (χ4n) is 2.04. The quantitative estimate of drug-likeness (QED) is 0.791. The third-order valence-electron chi connectivity index (χ3n) is 3.04. The van der Waals surface area contributed by atoms with Crippen LogP contribution in [0.3, 0.4) is 0 Å². The highest BCUT2D eigenvalue weighted by atomic mass is 79.9. The Morgan fingerprint density at radius 1 is 1.39 bits per heavy atom. The van der Waals surface area contributed by atoms with Crippen molar-refractivity contribution in [2.75, 3.05) is 0 Å². The van der Waals surface area contributed by atoms with Gasteiger partial charge >= 0.3 is 0 Å². The normalized spacial score (nSPS) is 11.3. The Bertz CT molecular complexity index is 714. The highest BCUT2D eigenvalue weighted by Gasteiger charge is 2.17. The maximum Gasteiger partial charge on any atom is 0.134 e. The number of hydrogen-bond donors (Lipinski definition) is 1. The molecule has 0 unspecified atom stereocenters. The van der Waals surface area contributed by atoms with Crippen molar-refractivity contribution < 1.29 is 4.42 Å². The van der Waals surface area contributed by atoms with E-state index in [0.29, 0.717) is 6.54 Å². The Morgan fingerprint density at radius 3 is 2.89 bits per heavy atom. The Balaban J connectivity index is 2.26. The van der Waals surface area contributed by atoms with Crippen LogP contribution in [-0.2, 0) is 13.6 Å². The monoisotopic (exact) mass is 305 g/mol. The first-order valence-corrected chi connectivity index (χ1v) is 6.39. The van der Waals surface area contributed by atoms with E-state index in [4.69, 9.17) is 10.2 Å². The zero-order valence-electron chi connectivity index (χ0n) is 9.85. The second kappa shape index (κ2) is 4.26. The van der Waals surface area contributed by atoms with E-state index in [2.05, 4.69) is 20.9 Å². The number of benzene rings is 1.